The molecule has 1 aromatic rings. The smallest absolute Gasteiger partial charge is 0.191 e. The molecule has 118 valence electrons. The van der Waals surface area contributed by atoms with E-state index >= 15 is 0 Å². The first kappa shape index (κ1) is 16.3. The molecule has 0 saturated carbocycles. The molecule has 1 unspecified atom stereocenters. The molecule has 1 saturated heterocycles. The zero-order chi connectivity index (χ0) is 15.1. The first-order valence-electron chi connectivity index (χ1n) is 7.73. The van der Waals surface area contributed by atoms with Crippen LogP contribution in [0.2, 0.25) is 0 Å². The SMILES string of the molecule is CCNC(=NCC1(C)COC1)NCC(C)Cc1cccs1. The van der Waals surface area contributed by atoms with Crippen LogP contribution in [0.25, 0.3) is 0 Å². The van der Waals surface area contributed by atoms with Crippen molar-refractivity contribution in [2.75, 3.05) is 32.8 Å². The van der Waals surface area contributed by atoms with E-state index in [0.29, 0.717) is 5.92 Å². The van der Waals surface area contributed by atoms with Crippen LogP contribution >= 0.6 is 11.3 Å². The summed E-state index contributed by atoms with van der Waals surface area (Å²) in [5.41, 5.74) is 0.227. The van der Waals surface area contributed by atoms with Gasteiger partial charge in [-0.15, -0.1) is 11.3 Å². The second-order valence-corrected chi connectivity index (χ2v) is 7.30. The fourth-order valence-electron chi connectivity index (χ4n) is 2.27. The maximum atomic E-state index is 5.28. The first-order valence-corrected chi connectivity index (χ1v) is 8.61. The monoisotopic (exact) mass is 309 g/mol. The van der Waals surface area contributed by atoms with Gasteiger partial charge in [0.05, 0.1) is 19.8 Å². The highest BCUT2D eigenvalue weighted by Crippen LogP contribution is 2.26. The Morgan fingerprint density at radius 2 is 2.29 bits per heavy atom. The summed E-state index contributed by atoms with van der Waals surface area (Å²) in [6.07, 6.45) is 1.12. The van der Waals surface area contributed by atoms with Crippen molar-refractivity contribution in [3.8, 4) is 0 Å². The molecule has 1 aliphatic rings. The molecule has 0 radical (unpaired) electrons. The quantitative estimate of drug-likeness (QED) is 0.601. The number of thiophene rings is 1. The van der Waals surface area contributed by atoms with Gasteiger partial charge in [0, 0.05) is 23.4 Å². The van der Waals surface area contributed by atoms with E-state index in [2.05, 4.69) is 48.9 Å². The zero-order valence-corrected chi connectivity index (χ0v) is 14.1. The van der Waals surface area contributed by atoms with Crippen LogP contribution in [0.4, 0.5) is 0 Å². The third-order valence-electron chi connectivity index (χ3n) is 3.61. The van der Waals surface area contributed by atoms with Crippen LogP contribution in [-0.4, -0.2) is 38.8 Å². The number of hydrogen-bond donors (Lipinski definition) is 2. The van der Waals surface area contributed by atoms with E-state index in [1.54, 1.807) is 0 Å². The van der Waals surface area contributed by atoms with Gasteiger partial charge in [0.25, 0.3) is 0 Å². The molecular weight excluding hydrogens is 282 g/mol. The Labute approximate surface area is 132 Å². The Kier molecular flexibility index (Phi) is 6.06. The van der Waals surface area contributed by atoms with Gasteiger partial charge in [-0.3, -0.25) is 4.99 Å². The minimum atomic E-state index is 0.227. The summed E-state index contributed by atoms with van der Waals surface area (Å²) in [4.78, 5) is 6.14. The average Bonchev–Trinajstić information content (AvgIpc) is 2.92. The summed E-state index contributed by atoms with van der Waals surface area (Å²) >= 11 is 1.83. The van der Waals surface area contributed by atoms with Crippen LogP contribution < -0.4 is 10.6 Å². The van der Waals surface area contributed by atoms with E-state index in [-0.39, 0.29) is 5.41 Å². The molecule has 4 nitrogen and oxygen atoms in total. The van der Waals surface area contributed by atoms with Gasteiger partial charge in [-0.25, -0.2) is 0 Å². The molecule has 5 heteroatoms. The Bertz CT molecular complexity index is 440. The van der Waals surface area contributed by atoms with Crippen molar-refractivity contribution in [1.29, 1.82) is 0 Å². The van der Waals surface area contributed by atoms with Crippen LogP contribution in [0.1, 0.15) is 25.6 Å². The lowest BCUT2D eigenvalue weighted by Crippen LogP contribution is -2.45. The van der Waals surface area contributed by atoms with Gasteiger partial charge < -0.3 is 15.4 Å². The van der Waals surface area contributed by atoms with Gasteiger partial charge in [-0.05, 0) is 30.7 Å². The molecule has 2 N–H and O–H groups in total. The third-order valence-corrected chi connectivity index (χ3v) is 4.51. The topological polar surface area (TPSA) is 45.7 Å². The number of ether oxygens (including phenoxy) is 1. The molecule has 2 rings (SSSR count). The van der Waals surface area contributed by atoms with Gasteiger partial charge in [-0.1, -0.05) is 19.9 Å². The fourth-order valence-corrected chi connectivity index (χ4v) is 3.14. The molecule has 0 amide bonds. The molecule has 1 fully saturated rings. The summed E-state index contributed by atoms with van der Waals surface area (Å²) in [5.74, 6) is 1.51. The summed E-state index contributed by atoms with van der Waals surface area (Å²) in [6.45, 7) is 10.9. The highest BCUT2D eigenvalue weighted by atomic mass is 32.1. The van der Waals surface area contributed by atoms with Gasteiger partial charge in [-0.2, -0.15) is 0 Å². The lowest BCUT2D eigenvalue weighted by molar-refractivity contribution is -0.0945. The van der Waals surface area contributed by atoms with Gasteiger partial charge >= 0.3 is 0 Å². The number of rotatable bonds is 7. The van der Waals surface area contributed by atoms with Crippen molar-refractivity contribution in [1.82, 2.24) is 10.6 Å². The molecule has 0 aromatic carbocycles. The second kappa shape index (κ2) is 7.80. The minimum absolute atomic E-state index is 0.227. The van der Waals surface area contributed by atoms with Gasteiger partial charge in [0.2, 0.25) is 0 Å². The average molecular weight is 309 g/mol. The van der Waals surface area contributed by atoms with E-state index in [0.717, 1.165) is 45.2 Å². The highest BCUT2D eigenvalue weighted by Gasteiger charge is 2.33. The van der Waals surface area contributed by atoms with Crippen LogP contribution in [-0.2, 0) is 11.2 Å². The van der Waals surface area contributed by atoms with Crippen LogP contribution in [0.15, 0.2) is 22.5 Å². The summed E-state index contributed by atoms with van der Waals surface area (Å²) in [7, 11) is 0. The largest absolute Gasteiger partial charge is 0.380 e. The Morgan fingerprint density at radius 1 is 1.48 bits per heavy atom. The molecular formula is C16H27N3OS. The third kappa shape index (κ3) is 5.32. The Balaban J connectivity index is 1.77. The zero-order valence-electron chi connectivity index (χ0n) is 13.3. The predicted molar refractivity (Wildman–Crippen MR) is 90.1 cm³/mol. The fraction of sp³-hybridized carbons (Fsp3) is 0.688. The van der Waals surface area contributed by atoms with Gasteiger partial charge in [0.15, 0.2) is 5.96 Å². The van der Waals surface area contributed by atoms with E-state index in [1.165, 1.54) is 4.88 Å². The highest BCUT2D eigenvalue weighted by molar-refractivity contribution is 7.09. The lowest BCUT2D eigenvalue weighted by atomic mass is 9.89. The van der Waals surface area contributed by atoms with Crippen molar-refractivity contribution < 1.29 is 4.74 Å². The minimum Gasteiger partial charge on any atom is -0.380 e. The van der Waals surface area contributed by atoms with Crippen LogP contribution in [0.3, 0.4) is 0 Å². The molecule has 2 heterocycles. The maximum absolute atomic E-state index is 5.28. The molecule has 0 spiro atoms. The van der Waals surface area contributed by atoms with E-state index in [9.17, 15) is 0 Å². The summed E-state index contributed by atoms with van der Waals surface area (Å²) in [5, 5.41) is 8.92. The van der Waals surface area contributed by atoms with Crippen molar-refractivity contribution in [3.05, 3.63) is 22.4 Å². The molecule has 1 atom stereocenters. The van der Waals surface area contributed by atoms with Crippen molar-refractivity contribution in [3.63, 3.8) is 0 Å². The maximum Gasteiger partial charge on any atom is 0.191 e. The standard InChI is InChI=1S/C16H27N3OS/c1-4-17-15(19-10-16(3)11-20-12-16)18-9-13(2)8-14-6-5-7-21-14/h5-7,13H,4,8-12H2,1-3H3,(H2,17,18,19). The molecule has 21 heavy (non-hydrogen) atoms. The molecule has 1 aliphatic heterocycles. The Hall–Kier alpha value is -1.07. The van der Waals surface area contributed by atoms with Crippen LogP contribution in [0.5, 0.6) is 0 Å². The predicted octanol–water partition coefficient (Wildman–Crippen LogP) is 2.52. The summed E-state index contributed by atoms with van der Waals surface area (Å²) in [6, 6.07) is 4.32. The molecule has 0 aliphatic carbocycles. The second-order valence-electron chi connectivity index (χ2n) is 6.27. The Morgan fingerprint density at radius 3 is 2.86 bits per heavy atom. The molecule has 1 aromatic heterocycles. The van der Waals surface area contributed by atoms with Crippen molar-refractivity contribution >= 4 is 17.3 Å². The van der Waals surface area contributed by atoms with Crippen molar-refractivity contribution in [2.45, 2.75) is 27.2 Å². The number of nitrogens with one attached hydrogen (secondary N) is 2. The normalized spacial score (nSPS) is 18.9. The van der Waals surface area contributed by atoms with E-state index in [1.807, 2.05) is 11.3 Å². The summed E-state index contributed by atoms with van der Waals surface area (Å²) < 4.78 is 5.28. The number of guanidine groups is 1. The van der Waals surface area contributed by atoms with E-state index in [4.69, 9.17) is 9.73 Å². The lowest BCUT2D eigenvalue weighted by Gasteiger charge is -2.36. The number of nitrogens with zero attached hydrogens (tertiary/aromatic N) is 1. The van der Waals surface area contributed by atoms with Crippen LogP contribution in [0, 0.1) is 11.3 Å². The number of aliphatic imine (C=N–C) groups is 1. The molecule has 0 bridgehead atoms. The van der Waals surface area contributed by atoms with Gasteiger partial charge in [0.1, 0.15) is 0 Å². The van der Waals surface area contributed by atoms with Crippen molar-refractivity contribution in [2.24, 2.45) is 16.3 Å². The number of hydrogen-bond acceptors (Lipinski definition) is 3. The first-order chi connectivity index (χ1) is 10.1. The van der Waals surface area contributed by atoms with E-state index < -0.39 is 0 Å².